The van der Waals surface area contributed by atoms with Crippen molar-refractivity contribution < 1.29 is 4.39 Å². The van der Waals surface area contributed by atoms with E-state index >= 15 is 0 Å². The molecule has 0 saturated carbocycles. The molecule has 2 rings (SSSR count). The summed E-state index contributed by atoms with van der Waals surface area (Å²) >= 11 is 0. The minimum absolute atomic E-state index is 0.146. The summed E-state index contributed by atoms with van der Waals surface area (Å²) in [6.45, 7) is 4.65. The Hall–Kier alpha value is -1.83. The van der Waals surface area contributed by atoms with Gasteiger partial charge in [-0.15, -0.1) is 0 Å². The zero-order valence-corrected chi connectivity index (χ0v) is 10.8. The van der Waals surface area contributed by atoms with Gasteiger partial charge in [0.15, 0.2) is 0 Å². The third kappa shape index (κ3) is 2.89. The van der Waals surface area contributed by atoms with E-state index in [1.54, 1.807) is 6.92 Å². The maximum atomic E-state index is 13.2. The first-order valence-electron chi connectivity index (χ1n) is 6.27. The van der Waals surface area contributed by atoms with Crippen molar-refractivity contribution in [2.75, 3.05) is 5.32 Å². The van der Waals surface area contributed by atoms with Crippen LogP contribution in [0.3, 0.4) is 0 Å². The number of nitrogens with one attached hydrogen (secondary N) is 1. The second-order valence-electron chi connectivity index (χ2n) is 4.45. The van der Waals surface area contributed by atoms with Gasteiger partial charge in [-0.25, -0.2) is 4.39 Å². The van der Waals surface area contributed by atoms with E-state index in [4.69, 9.17) is 0 Å². The smallest absolute Gasteiger partial charge is 0.126 e. The van der Waals surface area contributed by atoms with Crippen LogP contribution in [0.25, 0.3) is 0 Å². The van der Waals surface area contributed by atoms with Crippen LogP contribution in [0.15, 0.2) is 42.5 Å². The van der Waals surface area contributed by atoms with Crippen LogP contribution in [0.1, 0.15) is 23.6 Å². The first-order chi connectivity index (χ1) is 8.70. The molecule has 0 amide bonds. The van der Waals surface area contributed by atoms with Crippen LogP contribution in [0, 0.1) is 12.7 Å². The zero-order chi connectivity index (χ0) is 13.0. The van der Waals surface area contributed by atoms with Crippen LogP contribution in [-0.2, 0) is 13.0 Å². The molecule has 0 fully saturated rings. The van der Waals surface area contributed by atoms with Crippen molar-refractivity contribution in [1.29, 1.82) is 0 Å². The Bertz CT molecular complexity index is 534. The van der Waals surface area contributed by atoms with Crippen LogP contribution in [-0.4, -0.2) is 0 Å². The molecule has 2 aromatic carbocycles. The summed E-state index contributed by atoms with van der Waals surface area (Å²) in [7, 11) is 0. The summed E-state index contributed by atoms with van der Waals surface area (Å²) in [6.07, 6.45) is 1.01. The van der Waals surface area contributed by atoms with Crippen LogP contribution in [0.2, 0.25) is 0 Å². The summed E-state index contributed by atoms with van der Waals surface area (Å²) in [5, 5.41) is 3.40. The Morgan fingerprint density at radius 3 is 2.61 bits per heavy atom. The van der Waals surface area contributed by atoms with Gasteiger partial charge in [-0.05, 0) is 42.2 Å². The van der Waals surface area contributed by atoms with Crippen molar-refractivity contribution in [2.24, 2.45) is 0 Å². The third-order valence-electron chi connectivity index (χ3n) is 3.10. The lowest BCUT2D eigenvalue weighted by Crippen LogP contribution is -2.02. The largest absolute Gasteiger partial charge is 0.381 e. The molecule has 0 spiro atoms. The summed E-state index contributed by atoms with van der Waals surface area (Å²) in [5.41, 5.74) is 4.25. The summed E-state index contributed by atoms with van der Waals surface area (Å²) in [5.74, 6) is -0.146. The predicted molar refractivity (Wildman–Crippen MR) is 74.3 cm³/mol. The Morgan fingerprint density at radius 2 is 1.89 bits per heavy atom. The van der Waals surface area contributed by atoms with Crippen LogP contribution in [0.5, 0.6) is 0 Å². The van der Waals surface area contributed by atoms with E-state index in [-0.39, 0.29) is 5.82 Å². The van der Waals surface area contributed by atoms with Gasteiger partial charge in [0.25, 0.3) is 0 Å². The molecule has 0 radical (unpaired) electrons. The van der Waals surface area contributed by atoms with E-state index in [1.165, 1.54) is 11.6 Å². The molecule has 0 atom stereocenters. The van der Waals surface area contributed by atoms with E-state index in [1.807, 2.05) is 24.3 Å². The Kier molecular flexibility index (Phi) is 3.98. The van der Waals surface area contributed by atoms with E-state index in [2.05, 4.69) is 24.4 Å². The molecule has 18 heavy (non-hydrogen) atoms. The predicted octanol–water partition coefficient (Wildman–Crippen LogP) is 4.31. The maximum absolute atomic E-state index is 13.2. The number of anilines is 1. The fraction of sp³-hybridized carbons (Fsp3) is 0.250. The Balaban J connectivity index is 2.09. The summed E-state index contributed by atoms with van der Waals surface area (Å²) in [6, 6.07) is 13.5. The topological polar surface area (TPSA) is 12.0 Å². The van der Waals surface area contributed by atoms with Gasteiger partial charge >= 0.3 is 0 Å². The number of rotatable bonds is 4. The highest BCUT2D eigenvalue weighted by Gasteiger charge is 2.01. The Labute approximate surface area is 108 Å². The first-order valence-corrected chi connectivity index (χ1v) is 6.27. The van der Waals surface area contributed by atoms with Gasteiger partial charge in [0, 0.05) is 12.2 Å². The number of hydrogen-bond donors (Lipinski definition) is 1. The minimum atomic E-state index is -0.146. The third-order valence-corrected chi connectivity index (χ3v) is 3.10. The molecule has 0 saturated heterocycles. The maximum Gasteiger partial charge on any atom is 0.126 e. The van der Waals surface area contributed by atoms with Crippen molar-refractivity contribution in [2.45, 2.75) is 26.8 Å². The number of halogens is 1. The van der Waals surface area contributed by atoms with Gasteiger partial charge < -0.3 is 5.32 Å². The Morgan fingerprint density at radius 1 is 1.11 bits per heavy atom. The van der Waals surface area contributed by atoms with Crippen LogP contribution in [0.4, 0.5) is 10.1 Å². The molecule has 2 heteroatoms. The molecule has 0 bridgehead atoms. The fourth-order valence-corrected chi connectivity index (χ4v) is 2.02. The first kappa shape index (κ1) is 12.6. The van der Waals surface area contributed by atoms with E-state index in [9.17, 15) is 4.39 Å². The lowest BCUT2D eigenvalue weighted by Gasteiger charge is -2.11. The second kappa shape index (κ2) is 5.67. The average Bonchev–Trinajstić information content (AvgIpc) is 2.40. The number of aryl methyl sites for hydroxylation is 2. The van der Waals surface area contributed by atoms with E-state index in [0.717, 1.165) is 24.2 Å². The average molecular weight is 243 g/mol. The quantitative estimate of drug-likeness (QED) is 0.843. The van der Waals surface area contributed by atoms with Gasteiger partial charge in [0.2, 0.25) is 0 Å². The van der Waals surface area contributed by atoms with Crippen LogP contribution >= 0.6 is 0 Å². The van der Waals surface area contributed by atoms with Gasteiger partial charge in [-0.3, -0.25) is 0 Å². The molecular weight excluding hydrogens is 225 g/mol. The van der Waals surface area contributed by atoms with Crippen molar-refractivity contribution in [3.05, 3.63) is 65.0 Å². The molecule has 1 N–H and O–H groups in total. The van der Waals surface area contributed by atoms with Crippen LogP contribution < -0.4 is 5.32 Å². The highest BCUT2D eigenvalue weighted by atomic mass is 19.1. The highest BCUT2D eigenvalue weighted by Crippen LogP contribution is 2.17. The van der Waals surface area contributed by atoms with E-state index < -0.39 is 0 Å². The zero-order valence-electron chi connectivity index (χ0n) is 10.8. The number of hydrogen-bond acceptors (Lipinski definition) is 1. The van der Waals surface area contributed by atoms with Crippen molar-refractivity contribution in [3.63, 3.8) is 0 Å². The monoisotopic (exact) mass is 243 g/mol. The highest BCUT2D eigenvalue weighted by molar-refractivity contribution is 5.51. The van der Waals surface area contributed by atoms with Gasteiger partial charge in [0.1, 0.15) is 5.82 Å². The van der Waals surface area contributed by atoms with Crippen molar-refractivity contribution in [1.82, 2.24) is 0 Å². The molecule has 0 aromatic heterocycles. The lowest BCUT2D eigenvalue weighted by molar-refractivity contribution is 0.617. The van der Waals surface area contributed by atoms with Gasteiger partial charge in [-0.1, -0.05) is 37.3 Å². The normalized spacial score (nSPS) is 10.4. The molecule has 94 valence electrons. The molecule has 0 aliphatic heterocycles. The van der Waals surface area contributed by atoms with Gasteiger partial charge in [0.05, 0.1) is 0 Å². The molecule has 1 nitrogen and oxygen atoms in total. The summed E-state index contributed by atoms with van der Waals surface area (Å²) < 4.78 is 13.2. The number of benzene rings is 2. The molecule has 0 unspecified atom stereocenters. The second-order valence-corrected chi connectivity index (χ2v) is 4.45. The lowest BCUT2D eigenvalue weighted by atomic mass is 10.1. The van der Waals surface area contributed by atoms with Crippen molar-refractivity contribution >= 4 is 5.69 Å². The van der Waals surface area contributed by atoms with Gasteiger partial charge in [-0.2, -0.15) is 0 Å². The standard InChI is InChI=1S/C16H18FN/c1-3-14-6-4-5-7-16(14)18-11-13-8-9-15(17)12(2)10-13/h4-10,18H,3,11H2,1-2H3. The van der Waals surface area contributed by atoms with Crippen molar-refractivity contribution in [3.8, 4) is 0 Å². The molecule has 0 heterocycles. The molecule has 0 aliphatic carbocycles. The SMILES string of the molecule is CCc1ccccc1NCc1ccc(F)c(C)c1. The molecule has 0 aliphatic rings. The summed E-state index contributed by atoms with van der Waals surface area (Å²) in [4.78, 5) is 0. The molecular formula is C16H18FN. The number of para-hydroxylation sites is 1. The van der Waals surface area contributed by atoms with E-state index in [0.29, 0.717) is 5.56 Å². The minimum Gasteiger partial charge on any atom is -0.381 e. The fourth-order valence-electron chi connectivity index (χ4n) is 2.02. The molecule has 2 aromatic rings.